The lowest BCUT2D eigenvalue weighted by Gasteiger charge is -2.15. The van der Waals surface area contributed by atoms with Crippen LogP contribution in [-0.4, -0.2) is 38.2 Å². The van der Waals surface area contributed by atoms with Gasteiger partial charge in [-0.05, 0) is 187 Å². The van der Waals surface area contributed by atoms with Gasteiger partial charge >= 0.3 is 0 Å². The molecule has 548 valence electrons. The fourth-order valence-electron chi connectivity index (χ4n) is 18.7. The molecule has 6 aromatic heterocycles. The summed E-state index contributed by atoms with van der Waals surface area (Å²) in [6.07, 6.45) is 0. The van der Waals surface area contributed by atoms with Gasteiger partial charge in [-0.3, -0.25) is 0 Å². The van der Waals surface area contributed by atoms with Crippen molar-refractivity contribution in [3.8, 4) is 113 Å². The van der Waals surface area contributed by atoms with Crippen molar-refractivity contribution in [1.82, 2.24) is 38.2 Å². The lowest BCUT2D eigenvalue weighted by atomic mass is 9.94. The maximum absolute atomic E-state index is 5.67. The molecular weight excluding hydrogens is 1430 g/mol. The fraction of sp³-hybridized carbons (Fsp3) is 0. The van der Waals surface area contributed by atoms with E-state index in [0.29, 0.717) is 17.5 Å². The fourth-order valence-corrected chi connectivity index (χ4v) is 18.7. The van der Waals surface area contributed by atoms with Crippen molar-refractivity contribution in [2.75, 3.05) is 0 Å². The number of para-hydroxylation sites is 4. The quantitative estimate of drug-likeness (QED) is 0.122. The van der Waals surface area contributed by atoms with Crippen LogP contribution < -0.4 is 0 Å². The first-order valence-electron chi connectivity index (χ1n) is 40.2. The third kappa shape index (κ3) is 10.8. The molecule has 24 aromatic rings. The van der Waals surface area contributed by atoms with Gasteiger partial charge in [0.1, 0.15) is 0 Å². The molecule has 0 spiro atoms. The summed E-state index contributed by atoms with van der Waals surface area (Å²) in [6.45, 7) is 0. The molecule has 0 aliphatic rings. The van der Waals surface area contributed by atoms with Crippen LogP contribution in [0.2, 0.25) is 0 Å². The molecule has 0 saturated carbocycles. The minimum absolute atomic E-state index is 0.576. The van der Waals surface area contributed by atoms with Crippen molar-refractivity contribution in [1.29, 1.82) is 0 Å². The summed E-state index contributed by atoms with van der Waals surface area (Å²) in [5.74, 6) is 1.76. The lowest BCUT2D eigenvalue weighted by molar-refractivity contribution is 1.07. The van der Waals surface area contributed by atoms with E-state index < -0.39 is 0 Å². The highest BCUT2D eigenvalue weighted by molar-refractivity contribution is 6.23. The second-order valence-electron chi connectivity index (χ2n) is 30.8. The van der Waals surface area contributed by atoms with E-state index in [4.69, 9.17) is 19.9 Å². The summed E-state index contributed by atoms with van der Waals surface area (Å²) >= 11 is 0. The summed E-state index contributed by atoms with van der Waals surface area (Å²) in [5.41, 5.74) is 26.6. The minimum atomic E-state index is 0.576. The number of benzene rings is 18. The molecule has 0 atom stereocenters. The van der Waals surface area contributed by atoms with Crippen LogP contribution in [0.1, 0.15) is 0 Å². The van der Waals surface area contributed by atoms with E-state index in [1.807, 2.05) is 18.2 Å². The Labute approximate surface area is 678 Å². The van der Waals surface area contributed by atoms with Gasteiger partial charge in [-0.1, -0.05) is 291 Å². The van der Waals surface area contributed by atoms with Gasteiger partial charge in [-0.15, -0.1) is 0 Å². The highest BCUT2D eigenvalue weighted by Crippen LogP contribution is 2.47. The van der Waals surface area contributed by atoms with Crippen LogP contribution in [0.3, 0.4) is 0 Å². The minimum Gasteiger partial charge on any atom is -0.309 e. The smallest absolute Gasteiger partial charge is 0.164 e. The van der Waals surface area contributed by atoms with Crippen LogP contribution in [0.15, 0.2) is 413 Å². The van der Waals surface area contributed by atoms with Crippen LogP contribution in [-0.2, 0) is 0 Å². The van der Waals surface area contributed by atoms with Gasteiger partial charge in [0, 0.05) is 93.7 Å². The van der Waals surface area contributed by atoms with Crippen LogP contribution in [0.25, 0.3) is 232 Å². The number of pyridine rings is 1. The second-order valence-corrected chi connectivity index (χ2v) is 30.8. The van der Waals surface area contributed by atoms with Gasteiger partial charge < -0.3 is 18.3 Å². The molecule has 8 heteroatoms. The van der Waals surface area contributed by atoms with E-state index in [0.717, 1.165) is 155 Å². The molecule has 0 bridgehead atoms. The number of aromatic nitrogens is 8. The van der Waals surface area contributed by atoms with E-state index in [1.165, 1.54) is 59.7 Å². The van der Waals surface area contributed by atoms with Crippen LogP contribution in [0.5, 0.6) is 0 Å². The lowest BCUT2D eigenvalue weighted by Crippen LogP contribution is -2.00. The Hall–Kier alpha value is -15.9. The number of rotatable bonds is 12. The van der Waals surface area contributed by atoms with Crippen molar-refractivity contribution in [3.63, 3.8) is 0 Å². The average molecular weight is 1500 g/mol. The molecule has 24 rings (SSSR count). The van der Waals surface area contributed by atoms with Crippen molar-refractivity contribution < 1.29 is 0 Å². The molecule has 0 unspecified atom stereocenters. The summed E-state index contributed by atoms with van der Waals surface area (Å²) in [6, 6.07) is 150. The van der Waals surface area contributed by atoms with E-state index in [-0.39, 0.29) is 0 Å². The van der Waals surface area contributed by atoms with Gasteiger partial charge in [0.2, 0.25) is 0 Å². The van der Waals surface area contributed by atoms with Crippen molar-refractivity contribution in [3.05, 3.63) is 413 Å². The van der Waals surface area contributed by atoms with Crippen LogP contribution in [0, 0.1) is 0 Å². The van der Waals surface area contributed by atoms with Gasteiger partial charge in [0.25, 0.3) is 0 Å². The molecule has 0 fully saturated rings. The molecule has 6 heterocycles. The summed E-state index contributed by atoms with van der Waals surface area (Å²) in [7, 11) is 0. The number of hydrogen-bond donors (Lipinski definition) is 0. The summed E-state index contributed by atoms with van der Waals surface area (Å²) in [5, 5.41) is 16.4. The molecule has 0 radical (unpaired) electrons. The standard InChI is InChI=1S/C110H68N8/c1-4-25-69(26-5-1)70-53-56-82(57-54-70)116-100-48-18-15-43-92(100)95-66-96-106(68-104(95)116)118(83-38-21-34-77(62-83)97-63-80(87-44-22-31-71-27-10-12-39-85(71)87)64-98(111-97)89-46-23-32-72-28-11-13-40-86(72)89)102-50-24-45-88(107(96)102)76-33-20-35-78(60-76)109-112-108(73-29-6-2-7-30-73)113-110(114-109)79-52-51-75-61-84(58-55-74(75)59-79)117-101-49-19-16-42-91(101)94-65-93-90-41-14-17-47-99(90)115(103(93)67-105(94)117)81-36-8-3-9-37-81/h1-68H. The van der Waals surface area contributed by atoms with Crippen LogP contribution >= 0.6 is 0 Å². The Morgan fingerprint density at radius 2 is 0.542 bits per heavy atom. The molecule has 0 saturated heterocycles. The number of nitrogens with zero attached hydrogens (tertiary/aromatic N) is 8. The maximum atomic E-state index is 5.67. The zero-order chi connectivity index (χ0) is 77.5. The zero-order valence-electron chi connectivity index (χ0n) is 63.8. The zero-order valence-corrected chi connectivity index (χ0v) is 63.8. The molecule has 0 aliphatic heterocycles. The number of hydrogen-bond acceptors (Lipinski definition) is 4. The van der Waals surface area contributed by atoms with Crippen molar-refractivity contribution in [2.24, 2.45) is 0 Å². The normalized spacial score (nSPS) is 11.9. The van der Waals surface area contributed by atoms with E-state index in [2.05, 4.69) is 413 Å². The molecule has 8 nitrogen and oxygen atoms in total. The van der Waals surface area contributed by atoms with Gasteiger partial charge in [-0.2, -0.15) is 0 Å². The van der Waals surface area contributed by atoms with Crippen LogP contribution in [0.4, 0.5) is 0 Å². The largest absolute Gasteiger partial charge is 0.309 e. The average Bonchev–Trinajstić information content (AvgIpc) is 1.56. The highest BCUT2D eigenvalue weighted by atomic mass is 15.0. The van der Waals surface area contributed by atoms with E-state index >= 15 is 0 Å². The maximum Gasteiger partial charge on any atom is 0.164 e. The Bertz CT molecular complexity index is 8130. The van der Waals surface area contributed by atoms with Gasteiger partial charge in [-0.25, -0.2) is 19.9 Å². The van der Waals surface area contributed by atoms with Crippen molar-refractivity contribution in [2.45, 2.75) is 0 Å². The molecule has 118 heavy (non-hydrogen) atoms. The van der Waals surface area contributed by atoms with Gasteiger partial charge in [0.15, 0.2) is 17.5 Å². The van der Waals surface area contributed by atoms with Crippen molar-refractivity contribution >= 4 is 120 Å². The van der Waals surface area contributed by atoms with E-state index in [9.17, 15) is 0 Å². The predicted octanol–water partition coefficient (Wildman–Crippen LogP) is 28.5. The molecule has 0 N–H and O–H groups in total. The molecule has 0 amide bonds. The monoisotopic (exact) mass is 1500 g/mol. The number of fused-ring (bicyclic) bond motifs is 15. The van der Waals surface area contributed by atoms with E-state index in [1.54, 1.807) is 0 Å². The Balaban J connectivity index is 0.662. The molecular formula is C110H68N8. The first kappa shape index (κ1) is 66.7. The van der Waals surface area contributed by atoms with Gasteiger partial charge in [0.05, 0.1) is 55.5 Å². The third-order valence-electron chi connectivity index (χ3n) is 24.1. The Kier molecular flexibility index (Phi) is 15.2. The molecule has 0 aliphatic carbocycles. The Morgan fingerprint density at radius 1 is 0.153 bits per heavy atom. The summed E-state index contributed by atoms with van der Waals surface area (Å²) < 4.78 is 9.75. The SMILES string of the molecule is c1ccc(-c2ccc(-n3c4ccccc4c4cc5c6c(-c7cccc(-c8nc(-c9ccccc9)nc(-c9ccc%10cc(-n%11c%12ccccc%12c%12cc%13c%14ccccc%14n(-c%14ccccc%14)c%13cc%12%11)ccc%10c9)n8)c7)cccc6n(-c6cccc(-c7cc(-c8cccc9ccccc89)cc(-c8cccc9ccccc89)n7)c6)c5cc43)cc2)cc1. The third-order valence-corrected chi connectivity index (χ3v) is 24.1. The summed E-state index contributed by atoms with van der Waals surface area (Å²) in [4.78, 5) is 21.8. The second kappa shape index (κ2) is 26.9. The topological polar surface area (TPSA) is 71.3 Å². The predicted molar refractivity (Wildman–Crippen MR) is 491 cm³/mol. The first-order valence-corrected chi connectivity index (χ1v) is 40.2. The highest BCUT2D eigenvalue weighted by Gasteiger charge is 2.25. The Morgan fingerprint density at radius 3 is 1.20 bits per heavy atom. The first-order chi connectivity index (χ1) is 58.5. The molecule has 18 aromatic carbocycles.